The van der Waals surface area contributed by atoms with Crippen molar-refractivity contribution in [3.63, 3.8) is 0 Å². The molecule has 1 atom stereocenters. The summed E-state index contributed by atoms with van der Waals surface area (Å²) >= 11 is 0. The van der Waals surface area contributed by atoms with E-state index in [2.05, 4.69) is 15.0 Å². The number of piperazine rings is 1. The van der Waals surface area contributed by atoms with Gasteiger partial charge in [-0.1, -0.05) is 0 Å². The molecule has 0 saturated carbocycles. The first kappa shape index (κ1) is 15.8. The number of carbonyl (C=O) groups excluding carboxylic acids is 3. The molecule has 21 heavy (non-hydrogen) atoms. The lowest BCUT2D eigenvalue weighted by Crippen LogP contribution is -2.52. The summed E-state index contributed by atoms with van der Waals surface area (Å²) in [5.74, 6) is -0.106. The second-order valence-corrected chi connectivity index (χ2v) is 5.53. The van der Waals surface area contributed by atoms with E-state index in [0.29, 0.717) is 45.4 Å². The zero-order valence-corrected chi connectivity index (χ0v) is 12.5. The van der Waals surface area contributed by atoms with Crippen LogP contribution in [-0.2, 0) is 19.1 Å². The van der Waals surface area contributed by atoms with Crippen molar-refractivity contribution in [3.8, 4) is 0 Å². The van der Waals surface area contributed by atoms with Gasteiger partial charge in [-0.05, 0) is 6.42 Å². The van der Waals surface area contributed by atoms with Gasteiger partial charge >= 0.3 is 5.97 Å². The van der Waals surface area contributed by atoms with Gasteiger partial charge in [-0.3, -0.25) is 19.3 Å². The van der Waals surface area contributed by atoms with Gasteiger partial charge in [0.2, 0.25) is 11.8 Å². The van der Waals surface area contributed by atoms with Crippen LogP contribution in [0.3, 0.4) is 0 Å². The van der Waals surface area contributed by atoms with E-state index >= 15 is 0 Å². The van der Waals surface area contributed by atoms with Crippen molar-refractivity contribution in [2.24, 2.45) is 5.92 Å². The monoisotopic (exact) mass is 297 g/mol. The largest absolute Gasteiger partial charge is 0.469 e. The Bertz CT molecular complexity index is 395. The number of nitrogens with zero attached hydrogens (tertiary/aromatic N) is 2. The highest BCUT2D eigenvalue weighted by Crippen LogP contribution is 2.15. The molecule has 0 aromatic heterocycles. The van der Waals surface area contributed by atoms with Gasteiger partial charge in [0.15, 0.2) is 0 Å². The van der Waals surface area contributed by atoms with Crippen LogP contribution in [0.1, 0.15) is 19.3 Å². The summed E-state index contributed by atoms with van der Waals surface area (Å²) in [6, 6.07) is 0. The fourth-order valence-corrected chi connectivity index (χ4v) is 2.75. The molecule has 2 aliphatic rings. The van der Waals surface area contributed by atoms with Crippen LogP contribution >= 0.6 is 0 Å². The second kappa shape index (κ2) is 7.40. The number of ether oxygens (including phenoxy) is 1. The number of methoxy groups -OCH3 is 1. The third-order valence-electron chi connectivity index (χ3n) is 4.16. The molecule has 2 saturated heterocycles. The summed E-state index contributed by atoms with van der Waals surface area (Å²) in [5.41, 5.74) is 0. The minimum atomic E-state index is -0.202. The maximum atomic E-state index is 12.4. The van der Waals surface area contributed by atoms with Crippen LogP contribution in [-0.4, -0.2) is 74.0 Å². The number of amides is 2. The molecule has 2 fully saturated rings. The molecule has 0 bridgehead atoms. The van der Waals surface area contributed by atoms with Gasteiger partial charge in [-0.2, -0.15) is 0 Å². The van der Waals surface area contributed by atoms with Crippen molar-refractivity contribution in [3.05, 3.63) is 0 Å². The lowest BCUT2D eigenvalue weighted by atomic mass is 9.97. The lowest BCUT2D eigenvalue weighted by Gasteiger charge is -2.37. The molecule has 118 valence electrons. The molecule has 1 unspecified atom stereocenters. The normalized spacial score (nSPS) is 23.6. The van der Waals surface area contributed by atoms with E-state index < -0.39 is 0 Å². The third kappa shape index (κ3) is 4.42. The summed E-state index contributed by atoms with van der Waals surface area (Å²) in [6.45, 7) is 4.06. The van der Waals surface area contributed by atoms with E-state index in [1.807, 2.05) is 4.90 Å². The van der Waals surface area contributed by atoms with E-state index in [9.17, 15) is 14.4 Å². The van der Waals surface area contributed by atoms with Crippen LogP contribution < -0.4 is 5.32 Å². The van der Waals surface area contributed by atoms with Crippen molar-refractivity contribution in [1.82, 2.24) is 15.1 Å². The standard InChI is InChI=1S/C14H23N3O4/c1-21-13(19)4-5-16-6-8-17(9-7-16)14(20)11-2-3-12(18)15-10-11/h11H,2-10H2,1H3,(H,15,18). The van der Waals surface area contributed by atoms with Gasteiger partial charge in [0.1, 0.15) is 0 Å². The molecule has 2 rings (SSSR count). The van der Waals surface area contributed by atoms with Crippen LogP contribution in [0.2, 0.25) is 0 Å². The quantitative estimate of drug-likeness (QED) is 0.689. The van der Waals surface area contributed by atoms with Crippen LogP contribution in [0.4, 0.5) is 0 Å². The lowest BCUT2D eigenvalue weighted by molar-refractivity contribution is -0.142. The summed E-state index contributed by atoms with van der Waals surface area (Å²) in [5, 5.41) is 2.75. The van der Waals surface area contributed by atoms with Gasteiger partial charge in [-0.25, -0.2) is 0 Å². The number of hydrogen-bond acceptors (Lipinski definition) is 5. The molecule has 0 aromatic rings. The molecule has 2 amide bonds. The Kier molecular flexibility index (Phi) is 5.55. The molecule has 2 heterocycles. The van der Waals surface area contributed by atoms with Gasteiger partial charge in [0, 0.05) is 45.7 Å². The molecule has 0 aromatic carbocycles. The van der Waals surface area contributed by atoms with Gasteiger partial charge < -0.3 is 15.0 Å². The molecular formula is C14H23N3O4. The number of rotatable bonds is 4. The van der Waals surface area contributed by atoms with Gasteiger partial charge in [0.05, 0.1) is 19.4 Å². The molecule has 7 heteroatoms. The highest BCUT2D eigenvalue weighted by Gasteiger charge is 2.30. The van der Waals surface area contributed by atoms with Crippen molar-refractivity contribution >= 4 is 17.8 Å². The Hall–Kier alpha value is -1.63. The van der Waals surface area contributed by atoms with Gasteiger partial charge in [0.25, 0.3) is 0 Å². The minimum absolute atomic E-state index is 0.0340. The second-order valence-electron chi connectivity index (χ2n) is 5.53. The summed E-state index contributed by atoms with van der Waals surface area (Å²) in [6.07, 6.45) is 1.47. The molecule has 0 radical (unpaired) electrons. The molecule has 0 spiro atoms. The predicted octanol–water partition coefficient (Wildman–Crippen LogP) is -0.780. The van der Waals surface area contributed by atoms with E-state index in [1.165, 1.54) is 7.11 Å². The van der Waals surface area contributed by atoms with E-state index in [-0.39, 0.29) is 23.7 Å². The molecule has 0 aliphatic carbocycles. The number of hydrogen-bond donors (Lipinski definition) is 1. The van der Waals surface area contributed by atoms with E-state index in [0.717, 1.165) is 13.1 Å². The van der Waals surface area contributed by atoms with Crippen molar-refractivity contribution in [1.29, 1.82) is 0 Å². The number of esters is 1. The Balaban J connectivity index is 1.72. The molecule has 1 N–H and O–H groups in total. The Morgan fingerprint density at radius 2 is 2.00 bits per heavy atom. The zero-order chi connectivity index (χ0) is 15.2. The highest BCUT2D eigenvalue weighted by atomic mass is 16.5. The molecule has 2 aliphatic heterocycles. The SMILES string of the molecule is COC(=O)CCN1CCN(C(=O)C2CCC(=O)NC2)CC1. The Labute approximate surface area is 124 Å². The smallest absolute Gasteiger partial charge is 0.306 e. The maximum Gasteiger partial charge on any atom is 0.306 e. The summed E-state index contributed by atoms with van der Waals surface area (Å²) in [4.78, 5) is 38.6. The number of carbonyl (C=O) groups is 3. The number of nitrogens with one attached hydrogen (secondary N) is 1. The van der Waals surface area contributed by atoms with E-state index in [4.69, 9.17) is 0 Å². The van der Waals surface area contributed by atoms with Crippen LogP contribution in [0, 0.1) is 5.92 Å². The third-order valence-corrected chi connectivity index (χ3v) is 4.16. The van der Waals surface area contributed by atoms with Crippen LogP contribution in [0.15, 0.2) is 0 Å². The predicted molar refractivity (Wildman–Crippen MR) is 75.4 cm³/mol. The summed E-state index contributed by atoms with van der Waals surface area (Å²) < 4.78 is 4.62. The fraction of sp³-hybridized carbons (Fsp3) is 0.786. The average Bonchev–Trinajstić information content (AvgIpc) is 2.53. The highest BCUT2D eigenvalue weighted by molar-refractivity contribution is 5.83. The fourth-order valence-electron chi connectivity index (χ4n) is 2.75. The van der Waals surface area contributed by atoms with E-state index in [1.54, 1.807) is 0 Å². The zero-order valence-electron chi connectivity index (χ0n) is 12.5. The average molecular weight is 297 g/mol. The Morgan fingerprint density at radius 1 is 1.29 bits per heavy atom. The summed E-state index contributed by atoms with van der Waals surface area (Å²) in [7, 11) is 1.39. The van der Waals surface area contributed by atoms with Crippen molar-refractivity contribution in [2.75, 3.05) is 46.4 Å². The maximum absolute atomic E-state index is 12.4. The van der Waals surface area contributed by atoms with Crippen molar-refractivity contribution < 1.29 is 19.1 Å². The minimum Gasteiger partial charge on any atom is -0.469 e. The van der Waals surface area contributed by atoms with Crippen molar-refractivity contribution in [2.45, 2.75) is 19.3 Å². The number of piperidine rings is 1. The Morgan fingerprint density at radius 3 is 2.57 bits per heavy atom. The first-order chi connectivity index (χ1) is 10.1. The molecule has 7 nitrogen and oxygen atoms in total. The van der Waals surface area contributed by atoms with Gasteiger partial charge in [-0.15, -0.1) is 0 Å². The first-order valence-electron chi connectivity index (χ1n) is 7.45. The van der Waals surface area contributed by atoms with Crippen LogP contribution in [0.25, 0.3) is 0 Å². The topological polar surface area (TPSA) is 79.0 Å². The molecular weight excluding hydrogens is 274 g/mol. The first-order valence-corrected chi connectivity index (χ1v) is 7.45. The van der Waals surface area contributed by atoms with Crippen LogP contribution in [0.5, 0.6) is 0 Å².